The molecule has 0 radical (unpaired) electrons. The molecule has 0 bridgehead atoms. The summed E-state index contributed by atoms with van der Waals surface area (Å²) >= 11 is 6.86. The summed E-state index contributed by atoms with van der Waals surface area (Å²) in [5.74, 6) is -1.82. The number of carboxylic acids is 3. The molecular weight excluding hydrogens is 812 g/mol. The molecule has 0 aromatic heterocycles. The highest BCUT2D eigenvalue weighted by Gasteiger charge is 2.36. The van der Waals surface area contributed by atoms with Crippen molar-refractivity contribution in [2.24, 2.45) is 0 Å². The summed E-state index contributed by atoms with van der Waals surface area (Å²) in [6, 6.07) is 44.8. The number of ether oxygens (including phenoxy) is 4. The van der Waals surface area contributed by atoms with Crippen molar-refractivity contribution in [3.8, 4) is 5.75 Å². The van der Waals surface area contributed by atoms with Crippen LogP contribution in [-0.2, 0) is 39.8 Å². The van der Waals surface area contributed by atoms with Crippen molar-refractivity contribution in [1.82, 2.24) is 0 Å². The van der Waals surface area contributed by atoms with Gasteiger partial charge < -0.3 is 34.3 Å². The van der Waals surface area contributed by atoms with Gasteiger partial charge in [0.05, 0.1) is 25.4 Å². The smallest absolute Gasteiger partial charge is 0.302 e. The van der Waals surface area contributed by atoms with Gasteiger partial charge in [0.2, 0.25) is 0 Å². The number of esters is 1. The van der Waals surface area contributed by atoms with Crippen LogP contribution in [-0.4, -0.2) is 71.2 Å². The molecule has 5 aromatic carbocycles. The molecule has 5 aromatic rings. The van der Waals surface area contributed by atoms with E-state index >= 15 is 0 Å². The first kappa shape index (κ1) is 48.7. The molecule has 4 atom stereocenters. The van der Waals surface area contributed by atoms with Crippen LogP contribution >= 0.6 is 11.6 Å². The molecule has 2 aliphatic heterocycles. The zero-order valence-electron chi connectivity index (χ0n) is 35.4. The van der Waals surface area contributed by atoms with Gasteiger partial charge in [0.25, 0.3) is 17.9 Å². The van der Waals surface area contributed by atoms with Crippen molar-refractivity contribution in [3.05, 3.63) is 171 Å². The molecule has 3 N–H and O–H groups in total. The van der Waals surface area contributed by atoms with Crippen molar-refractivity contribution in [2.45, 2.75) is 83.5 Å². The quantitative estimate of drug-likeness (QED) is 0.0854. The van der Waals surface area contributed by atoms with Crippen LogP contribution in [0.2, 0.25) is 5.02 Å². The molecule has 2 saturated heterocycles. The molecule has 2 fully saturated rings. The lowest BCUT2D eigenvalue weighted by molar-refractivity contribution is -0.151. The molecular formula is C50H55ClO11. The van der Waals surface area contributed by atoms with Crippen LogP contribution in [0.3, 0.4) is 0 Å². The number of hydrogen-bond acceptors (Lipinski definition) is 8. The van der Waals surface area contributed by atoms with Gasteiger partial charge in [-0.15, -0.1) is 0 Å². The molecule has 12 heteroatoms. The van der Waals surface area contributed by atoms with Crippen molar-refractivity contribution in [1.29, 1.82) is 0 Å². The Bertz CT molecular complexity index is 2090. The lowest BCUT2D eigenvalue weighted by Crippen LogP contribution is -2.32. The molecule has 2 aliphatic rings. The minimum Gasteiger partial charge on any atom is -0.488 e. The Morgan fingerprint density at radius 1 is 0.710 bits per heavy atom. The third-order valence-electron chi connectivity index (χ3n) is 9.86. The van der Waals surface area contributed by atoms with E-state index in [0.717, 1.165) is 74.1 Å². The van der Waals surface area contributed by atoms with Gasteiger partial charge in [0, 0.05) is 51.0 Å². The van der Waals surface area contributed by atoms with E-state index in [1.54, 1.807) is 0 Å². The van der Waals surface area contributed by atoms with Crippen molar-refractivity contribution in [3.63, 3.8) is 0 Å². The Morgan fingerprint density at radius 3 is 1.82 bits per heavy atom. The van der Waals surface area contributed by atoms with Crippen LogP contribution in [0.1, 0.15) is 104 Å². The van der Waals surface area contributed by atoms with Crippen LogP contribution in [0.4, 0.5) is 0 Å². The van der Waals surface area contributed by atoms with Crippen LogP contribution in [0.25, 0.3) is 0 Å². The van der Waals surface area contributed by atoms with Crippen LogP contribution < -0.4 is 4.74 Å². The summed E-state index contributed by atoms with van der Waals surface area (Å²) in [7, 11) is 0. The van der Waals surface area contributed by atoms with Crippen LogP contribution in [0.15, 0.2) is 127 Å². The molecule has 0 amide bonds. The van der Waals surface area contributed by atoms with Crippen molar-refractivity contribution in [2.75, 3.05) is 19.8 Å². The molecule has 7 rings (SSSR count). The Morgan fingerprint density at radius 2 is 1.27 bits per heavy atom. The Kier molecular flexibility index (Phi) is 19.7. The lowest BCUT2D eigenvalue weighted by Gasteiger charge is -2.39. The average Bonchev–Trinajstić information content (AvgIpc) is 3.75. The molecule has 62 heavy (non-hydrogen) atoms. The molecule has 0 aliphatic carbocycles. The fraction of sp³-hybridized carbons (Fsp3) is 0.320. The maximum absolute atomic E-state index is 11.8. The second-order valence-electron chi connectivity index (χ2n) is 14.9. The number of carboxylic acid groups (broad SMARTS) is 3. The second-order valence-corrected chi connectivity index (χ2v) is 15.3. The molecule has 0 saturated carbocycles. The summed E-state index contributed by atoms with van der Waals surface area (Å²) in [4.78, 5) is 38.8. The van der Waals surface area contributed by atoms with Crippen molar-refractivity contribution >= 4 is 35.5 Å². The van der Waals surface area contributed by atoms with Gasteiger partial charge in [0.1, 0.15) is 18.5 Å². The summed E-state index contributed by atoms with van der Waals surface area (Å²) in [5.41, 5.74) is 8.26. The fourth-order valence-electron chi connectivity index (χ4n) is 7.41. The first-order valence-electron chi connectivity index (χ1n) is 20.4. The topological polar surface area (TPSA) is 166 Å². The highest BCUT2D eigenvalue weighted by atomic mass is 35.5. The molecule has 2 heterocycles. The third kappa shape index (κ3) is 16.1. The minimum absolute atomic E-state index is 0.0574. The Balaban J connectivity index is 0.000000627. The summed E-state index contributed by atoms with van der Waals surface area (Å²) in [6.07, 6.45) is 2.90. The number of halogens is 1. The van der Waals surface area contributed by atoms with Gasteiger partial charge in [-0.25, -0.2) is 0 Å². The zero-order chi connectivity index (χ0) is 45.0. The van der Waals surface area contributed by atoms with Gasteiger partial charge in [0.15, 0.2) is 0 Å². The molecule has 11 nitrogen and oxygen atoms in total. The van der Waals surface area contributed by atoms with Gasteiger partial charge >= 0.3 is 5.97 Å². The van der Waals surface area contributed by atoms with E-state index < -0.39 is 17.9 Å². The Labute approximate surface area is 368 Å². The summed E-state index contributed by atoms with van der Waals surface area (Å²) in [5, 5.41) is 23.0. The summed E-state index contributed by atoms with van der Waals surface area (Å²) < 4.78 is 23.9. The van der Waals surface area contributed by atoms with E-state index in [2.05, 4.69) is 109 Å². The normalized spacial score (nSPS) is 17.7. The standard InChI is InChI=1S/C44H43ClO5.3C2H4O2/c1-30(46)48-29-37-21-22-41(39-14-8-9-15-40(39)43(32-10-4-2-5-11-32)33-12-6-3-7-13-33)44(50-37)34-18-23-42(45)35(27-34)26-31-16-19-36(20-17-31)49-38-24-25-47-28-38;3*1-2(3)4/h2-20,23,27,37-38,41,43-44H,21-22,24-26,28-29H2,1H3;3*1H3,(H,3,4)/t37-,38?,41+,44-;;;/m1.../s1. The maximum atomic E-state index is 11.8. The maximum Gasteiger partial charge on any atom is 0.302 e. The van der Waals surface area contributed by atoms with E-state index in [0.29, 0.717) is 13.0 Å². The van der Waals surface area contributed by atoms with E-state index in [1.807, 2.05) is 18.2 Å². The summed E-state index contributed by atoms with van der Waals surface area (Å²) in [6.45, 7) is 6.32. The lowest BCUT2D eigenvalue weighted by atomic mass is 9.75. The van der Waals surface area contributed by atoms with E-state index in [4.69, 9.17) is 60.3 Å². The number of carbonyl (C=O) groups is 4. The Hall–Kier alpha value is -6.01. The fourth-order valence-corrected chi connectivity index (χ4v) is 7.60. The van der Waals surface area contributed by atoms with Crippen LogP contribution in [0, 0.1) is 0 Å². The average molecular weight is 867 g/mol. The van der Waals surface area contributed by atoms with Gasteiger partial charge in [-0.2, -0.15) is 0 Å². The van der Waals surface area contributed by atoms with Crippen molar-refractivity contribution < 1.29 is 53.4 Å². The van der Waals surface area contributed by atoms with E-state index in [1.165, 1.54) is 29.2 Å². The highest BCUT2D eigenvalue weighted by molar-refractivity contribution is 6.31. The second kappa shape index (κ2) is 25.1. The number of aliphatic carboxylic acids is 3. The van der Waals surface area contributed by atoms with E-state index in [-0.39, 0.29) is 42.7 Å². The number of rotatable bonds is 11. The first-order valence-corrected chi connectivity index (χ1v) is 20.8. The predicted octanol–water partition coefficient (Wildman–Crippen LogP) is 10.1. The monoisotopic (exact) mass is 866 g/mol. The van der Waals surface area contributed by atoms with Gasteiger partial charge in [-0.3, -0.25) is 19.2 Å². The molecule has 1 unspecified atom stereocenters. The first-order chi connectivity index (χ1) is 29.7. The van der Waals surface area contributed by atoms with Gasteiger partial charge in [-0.05, 0) is 76.4 Å². The highest BCUT2D eigenvalue weighted by Crippen LogP contribution is 2.47. The number of carbonyl (C=O) groups excluding carboxylic acids is 1. The minimum atomic E-state index is -0.833. The predicted molar refractivity (Wildman–Crippen MR) is 237 cm³/mol. The van der Waals surface area contributed by atoms with Crippen LogP contribution in [0.5, 0.6) is 5.75 Å². The SMILES string of the molecule is CC(=O)O.CC(=O)O.CC(=O)O.CC(=O)OC[C@H]1CC[C@@H](c2ccccc2C(c2ccccc2)c2ccccc2)[C@@H](c2ccc(Cl)c(Cc3ccc(OC4CCOC4)cc3)c2)O1. The zero-order valence-corrected chi connectivity index (χ0v) is 36.2. The molecule has 328 valence electrons. The largest absolute Gasteiger partial charge is 0.488 e. The number of benzene rings is 5. The number of hydrogen-bond donors (Lipinski definition) is 3. The third-order valence-corrected chi connectivity index (χ3v) is 10.2. The van der Waals surface area contributed by atoms with Gasteiger partial charge in [-0.1, -0.05) is 121 Å². The molecule has 0 spiro atoms. The van der Waals surface area contributed by atoms with E-state index in [9.17, 15) is 4.79 Å².